The van der Waals surface area contributed by atoms with Gasteiger partial charge in [-0.1, -0.05) is 86.2 Å². The highest BCUT2D eigenvalue weighted by molar-refractivity contribution is 7.15. The normalized spacial score (nSPS) is 19.7. The number of benzene rings is 1. The lowest BCUT2D eigenvalue weighted by molar-refractivity contribution is -0.884. The monoisotopic (exact) mass is 645 g/mol. The molecule has 1 aliphatic heterocycles. The maximum absolute atomic E-state index is 12.9. The molecule has 11 heteroatoms. The number of carbonyl (C=O) groups excluding carboxylic acids is 2. The summed E-state index contributed by atoms with van der Waals surface area (Å²) in [4.78, 5) is 31.6. The van der Waals surface area contributed by atoms with Gasteiger partial charge < -0.3 is 15.3 Å². The second-order valence-electron chi connectivity index (χ2n) is 12.5. The molecule has 246 valence electrons. The van der Waals surface area contributed by atoms with Gasteiger partial charge in [0.05, 0.1) is 12.7 Å². The molecule has 0 fully saturated rings. The largest absolute Gasteiger partial charge is 0.861 e. The number of hydrogen-bond acceptors (Lipinski definition) is 8. The van der Waals surface area contributed by atoms with E-state index < -0.39 is 0 Å². The molecule has 0 saturated heterocycles. The molecule has 10 nitrogen and oxygen atoms in total. The van der Waals surface area contributed by atoms with Gasteiger partial charge in [-0.2, -0.15) is 5.01 Å². The van der Waals surface area contributed by atoms with E-state index in [2.05, 4.69) is 52.8 Å². The molecule has 1 aliphatic carbocycles. The van der Waals surface area contributed by atoms with Crippen molar-refractivity contribution in [1.82, 2.24) is 20.5 Å². The number of nitrogens with one attached hydrogen (secondary N) is 3. The summed E-state index contributed by atoms with van der Waals surface area (Å²) in [5, 5.41) is 26.0. The van der Waals surface area contributed by atoms with Crippen molar-refractivity contribution in [3.05, 3.63) is 88.4 Å². The molecular weight excluding hydrogens is 598 g/mol. The predicted octanol–water partition coefficient (Wildman–Crippen LogP) is 3.59. The van der Waals surface area contributed by atoms with Gasteiger partial charge in [0.2, 0.25) is 22.8 Å². The SMILES string of the molecule is CC(C)CN(C)C(=O)CC1C=CC=C(CC(=O)Nc2nnc(CCCCC3=CC=C(N=C([O-])Cc4ccccc4)[NH+](C)N3)s2)C1C. The summed E-state index contributed by atoms with van der Waals surface area (Å²) in [5.74, 6) is 1.11. The maximum Gasteiger partial charge on any atom is 0.249 e. The highest BCUT2D eigenvalue weighted by atomic mass is 32.1. The maximum atomic E-state index is 12.9. The molecule has 2 aromatic rings. The van der Waals surface area contributed by atoms with Crippen molar-refractivity contribution in [2.45, 2.75) is 65.7 Å². The number of aromatic nitrogens is 2. The number of carbonyl (C=O) groups is 2. The van der Waals surface area contributed by atoms with Gasteiger partial charge in [-0.15, -0.1) is 10.2 Å². The molecule has 2 amide bonds. The number of quaternary nitrogens is 1. The zero-order chi connectivity index (χ0) is 33.1. The van der Waals surface area contributed by atoms with Crippen LogP contribution >= 0.6 is 11.3 Å². The van der Waals surface area contributed by atoms with Gasteiger partial charge >= 0.3 is 0 Å². The molecule has 1 aromatic heterocycles. The summed E-state index contributed by atoms with van der Waals surface area (Å²) < 4.78 is 0. The second-order valence-corrected chi connectivity index (χ2v) is 13.6. The van der Waals surface area contributed by atoms with Crippen LogP contribution in [0.5, 0.6) is 0 Å². The van der Waals surface area contributed by atoms with Gasteiger partial charge in [0.1, 0.15) is 5.01 Å². The van der Waals surface area contributed by atoms with E-state index in [0.717, 1.165) is 59.1 Å². The number of allylic oxidation sites excluding steroid dienone is 6. The number of aliphatic imine (C=N–C) groups is 1. The fraction of sp³-hybridized carbons (Fsp3) is 0.457. The van der Waals surface area contributed by atoms with Crippen LogP contribution in [0, 0.1) is 17.8 Å². The first kappa shape index (κ1) is 34.8. The molecule has 3 unspecified atom stereocenters. The van der Waals surface area contributed by atoms with E-state index in [-0.39, 0.29) is 42.4 Å². The van der Waals surface area contributed by atoms with Crippen LogP contribution in [0.1, 0.15) is 63.4 Å². The zero-order valence-corrected chi connectivity index (χ0v) is 28.4. The third-order valence-corrected chi connectivity index (χ3v) is 9.05. The Morgan fingerprint density at radius 1 is 1.11 bits per heavy atom. The van der Waals surface area contributed by atoms with Crippen LogP contribution in [0.25, 0.3) is 0 Å². The Bertz CT molecular complexity index is 1490. The first-order valence-electron chi connectivity index (χ1n) is 16.1. The second kappa shape index (κ2) is 17.0. The molecule has 2 aliphatic rings. The smallest absolute Gasteiger partial charge is 0.249 e. The van der Waals surface area contributed by atoms with E-state index in [1.165, 1.54) is 11.3 Å². The lowest BCUT2D eigenvalue weighted by atomic mass is 9.80. The molecule has 3 atom stereocenters. The first-order chi connectivity index (χ1) is 22.1. The van der Waals surface area contributed by atoms with Crippen LogP contribution in [-0.4, -0.2) is 53.4 Å². The summed E-state index contributed by atoms with van der Waals surface area (Å²) in [6, 6.07) is 9.63. The van der Waals surface area contributed by atoms with Crippen molar-refractivity contribution in [1.29, 1.82) is 0 Å². The van der Waals surface area contributed by atoms with E-state index in [9.17, 15) is 14.7 Å². The van der Waals surface area contributed by atoms with Crippen molar-refractivity contribution >= 4 is 34.2 Å². The van der Waals surface area contributed by atoms with Crippen molar-refractivity contribution in [3.8, 4) is 0 Å². The van der Waals surface area contributed by atoms with Crippen molar-refractivity contribution in [2.75, 3.05) is 26.0 Å². The van der Waals surface area contributed by atoms with Crippen LogP contribution in [-0.2, 0) is 22.4 Å². The Hall–Kier alpha value is -4.09. The lowest BCUT2D eigenvalue weighted by Gasteiger charge is -2.28. The fourth-order valence-corrected chi connectivity index (χ4v) is 6.39. The Morgan fingerprint density at radius 3 is 2.61 bits per heavy atom. The number of unbranched alkanes of at least 4 members (excludes halogenated alkanes) is 1. The third kappa shape index (κ3) is 10.8. The van der Waals surface area contributed by atoms with E-state index in [0.29, 0.717) is 23.3 Å². The molecule has 0 spiro atoms. The highest BCUT2D eigenvalue weighted by Gasteiger charge is 2.26. The summed E-state index contributed by atoms with van der Waals surface area (Å²) in [6.07, 6.45) is 14.4. The lowest BCUT2D eigenvalue weighted by Crippen LogP contribution is -3.14. The minimum atomic E-state index is -0.164. The molecule has 0 saturated carbocycles. The number of nitrogens with zero attached hydrogens (tertiary/aromatic N) is 4. The van der Waals surface area contributed by atoms with Gasteiger partial charge in [0.15, 0.2) is 0 Å². The molecule has 46 heavy (non-hydrogen) atoms. The molecule has 0 radical (unpaired) electrons. The van der Waals surface area contributed by atoms with Gasteiger partial charge in [0.25, 0.3) is 0 Å². The van der Waals surface area contributed by atoms with Crippen molar-refractivity contribution < 1.29 is 19.7 Å². The van der Waals surface area contributed by atoms with Gasteiger partial charge in [-0.05, 0) is 54.6 Å². The van der Waals surface area contributed by atoms with E-state index in [4.69, 9.17) is 0 Å². The zero-order valence-electron chi connectivity index (χ0n) is 27.6. The van der Waals surface area contributed by atoms with E-state index in [1.54, 1.807) is 4.90 Å². The van der Waals surface area contributed by atoms with Crippen LogP contribution < -0.4 is 20.9 Å². The number of hydrogen-bond donors (Lipinski definition) is 3. The molecule has 1 aromatic carbocycles. The van der Waals surface area contributed by atoms with Crippen molar-refractivity contribution in [3.63, 3.8) is 0 Å². The van der Waals surface area contributed by atoms with Gasteiger partial charge in [-0.25, -0.2) is 10.4 Å². The molecule has 2 heterocycles. The number of anilines is 1. The fourth-order valence-electron chi connectivity index (χ4n) is 5.60. The minimum absolute atomic E-state index is 0.0756. The number of aryl methyl sites for hydroxylation is 1. The molecular formula is C35H47N7O3S. The summed E-state index contributed by atoms with van der Waals surface area (Å²) in [7, 11) is 3.79. The summed E-state index contributed by atoms with van der Waals surface area (Å²) in [5.41, 5.74) is 6.44. The van der Waals surface area contributed by atoms with Crippen molar-refractivity contribution in [2.24, 2.45) is 22.7 Å². The standard InChI is InChI=1S/C35H47N7O3S/c1-24(2)23-41(4)34(45)22-28-15-11-14-27(25(28)3)21-32(44)37-35-39-38-33(46-35)17-10-9-16-29-18-19-30(42(5)40-29)36-31(43)20-26-12-7-6-8-13-26/h6-8,11-15,18-19,24-25,28,40H,9-10,16-17,20-23H2,1-5H3,(H,36,43)(H,37,39,44). The summed E-state index contributed by atoms with van der Waals surface area (Å²) in [6.45, 7) is 7.03. The Balaban J connectivity index is 1.18. The Morgan fingerprint density at radius 2 is 1.87 bits per heavy atom. The Kier molecular flexibility index (Phi) is 12.9. The molecule has 0 bridgehead atoms. The first-order valence-corrected chi connectivity index (χ1v) is 16.9. The number of rotatable bonds is 15. The van der Waals surface area contributed by atoms with Crippen LogP contribution in [0.4, 0.5) is 5.13 Å². The average molecular weight is 646 g/mol. The van der Waals surface area contributed by atoms with Crippen LogP contribution in [0.3, 0.4) is 0 Å². The van der Waals surface area contributed by atoms with Crippen LogP contribution in [0.15, 0.2) is 82.8 Å². The van der Waals surface area contributed by atoms with Crippen LogP contribution in [0.2, 0.25) is 0 Å². The average Bonchev–Trinajstić information content (AvgIpc) is 3.45. The molecule has 3 N–H and O–H groups in total. The van der Waals surface area contributed by atoms with E-state index >= 15 is 0 Å². The molecule has 4 rings (SSSR count). The highest BCUT2D eigenvalue weighted by Crippen LogP contribution is 2.31. The Labute approximate surface area is 276 Å². The van der Waals surface area contributed by atoms with Gasteiger partial charge in [-0.3, -0.25) is 9.59 Å². The quantitative estimate of drug-likeness (QED) is 0.154. The van der Waals surface area contributed by atoms with Gasteiger partial charge in [0, 0.05) is 45.4 Å². The minimum Gasteiger partial charge on any atom is -0.861 e. The number of amides is 2. The predicted molar refractivity (Wildman–Crippen MR) is 181 cm³/mol. The third-order valence-electron chi connectivity index (χ3n) is 8.15. The van der Waals surface area contributed by atoms with E-state index in [1.807, 2.05) is 68.7 Å². The topological polar surface area (TPSA) is 127 Å². The summed E-state index contributed by atoms with van der Waals surface area (Å²) >= 11 is 1.41.